The molecule has 6 heteroatoms. The molecule has 0 aliphatic rings. The number of rotatable bonds is 6. The highest BCUT2D eigenvalue weighted by Gasteiger charge is 2.10. The second kappa shape index (κ2) is 8.90. The Balaban J connectivity index is 1.59. The van der Waals surface area contributed by atoms with E-state index in [1.807, 2.05) is 62.4 Å². The number of hydrogen-bond acceptors (Lipinski definition) is 4. The largest absolute Gasteiger partial charge is 0.385 e. The first-order chi connectivity index (χ1) is 16.6. The minimum atomic E-state index is -0.0948. The summed E-state index contributed by atoms with van der Waals surface area (Å²) >= 11 is 0. The smallest absolute Gasteiger partial charge is 0.190 e. The highest BCUT2D eigenvalue weighted by Crippen LogP contribution is 2.25. The van der Waals surface area contributed by atoms with E-state index >= 15 is 0 Å². The zero-order valence-corrected chi connectivity index (χ0v) is 19.2. The van der Waals surface area contributed by atoms with Gasteiger partial charge in [0, 0.05) is 58.8 Å². The molecule has 0 aliphatic carbocycles. The quantitative estimate of drug-likeness (QED) is 0.255. The zero-order valence-electron chi connectivity index (χ0n) is 19.2. The van der Waals surface area contributed by atoms with Crippen LogP contribution < -0.4 is 21.5 Å². The normalized spacial score (nSPS) is 11.1. The second-order valence-corrected chi connectivity index (χ2v) is 8.25. The SMILES string of the molecule is CCNc1ccc(-c2cc(=O)c3cc4[nH]c(-c5ccc(NCC)cc5)cc(=O)c4cc3[nH]2)cc1. The van der Waals surface area contributed by atoms with Crippen molar-refractivity contribution in [1.82, 2.24) is 9.97 Å². The molecule has 2 heterocycles. The molecule has 2 aromatic heterocycles. The van der Waals surface area contributed by atoms with E-state index in [0.29, 0.717) is 33.2 Å². The fourth-order valence-electron chi connectivity index (χ4n) is 4.25. The predicted molar refractivity (Wildman–Crippen MR) is 142 cm³/mol. The molecule has 5 aromatic rings. The van der Waals surface area contributed by atoms with E-state index in [2.05, 4.69) is 20.6 Å². The van der Waals surface area contributed by atoms with Crippen LogP contribution in [0.25, 0.3) is 44.3 Å². The van der Waals surface area contributed by atoms with Gasteiger partial charge in [0.05, 0.1) is 11.0 Å². The minimum Gasteiger partial charge on any atom is -0.385 e. The van der Waals surface area contributed by atoms with Crippen molar-refractivity contribution in [3.63, 3.8) is 0 Å². The van der Waals surface area contributed by atoms with Crippen molar-refractivity contribution < 1.29 is 0 Å². The van der Waals surface area contributed by atoms with Crippen molar-refractivity contribution in [2.45, 2.75) is 13.8 Å². The van der Waals surface area contributed by atoms with E-state index < -0.39 is 0 Å². The molecular weight excluding hydrogens is 424 g/mol. The number of nitrogens with one attached hydrogen (secondary N) is 4. The van der Waals surface area contributed by atoms with Gasteiger partial charge in [-0.2, -0.15) is 0 Å². The Kier molecular flexibility index (Phi) is 5.64. The van der Waals surface area contributed by atoms with Crippen molar-refractivity contribution >= 4 is 33.2 Å². The lowest BCUT2D eigenvalue weighted by Crippen LogP contribution is -2.07. The third-order valence-electron chi connectivity index (χ3n) is 5.93. The van der Waals surface area contributed by atoms with Gasteiger partial charge in [-0.1, -0.05) is 24.3 Å². The summed E-state index contributed by atoms with van der Waals surface area (Å²) in [7, 11) is 0. The number of hydrogen-bond donors (Lipinski definition) is 4. The summed E-state index contributed by atoms with van der Waals surface area (Å²) in [4.78, 5) is 32.7. The fourth-order valence-corrected chi connectivity index (χ4v) is 4.25. The van der Waals surface area contributed by atoms with Crippen LogP contribution in [0, 0.1) is 0 Å². The van der Waals surface area contributed by atoms with Gasteiger partial charge in [0.1, 0.15) is 0 Å². The second-order valence-electron chi connectivity index (χ2n) is 8.25. The number of fused-ring (bicyclic) bond motifs is 2. The number of aromatic nitrogens is 2. The Morgan fingerprint density at radius 3 is 1.32 bits per heavy atom. The van der Waals surface area contributed by atoms with Crippen LogP contribution in [0.2, 0.25) is 0 Å². The van der Waals surface area contributed by atoms with Crippen molar-refractivity contribution in [3.8, 4) is 22.5 Å². The molecule has 0 unspecified atom stereocenters. The lowest BCUT2D eigenvalue weighted by atomic mass is 10.0. The van der Waals surface area contributed by atoms with Crippen LogP contribution in [-0.4, -0.2) is 23.1 Å². The number of pyridine rings is 2. The van der Waals surface area contributed by atoms with E-state index in [1.165, 1.54) is 0 Å². The van der Waals surface area contributed by atoms with Crippen LogP contribution in [0.4, 0.5) is 11.4 Å². The Morgan fingerprint density at radius 1 is 0.588 bits per heavy atom. The minimum absolute atomic E-state index is 0.0948. The van der Waals surface area contributed by atoms with Gasteiger partial charge in [-0.05, 0) is 61.4 Å². The molecule has 0 bridgehead atoms. The summed E-state index contributed by atoms with van der Waals surface area (Å²) in [5.41, 5.74) is 6.39. The third kappa shape index (κ3) is 4.06. The van der Waals surface area contributed by atoms with E-state index in [-0.39, 0.29) is 10.9 Å². The first kappa shape index (κ1) is 21.5. The third-order valence-corrected chi connectivity index (χ3v) is 5.93. The van der Waals surface area contributed by atoms with Gasteiger partial charge in [-0.15, -0.1) is 0 Å². The first-order valence-corrected chi connectivity index (χ1v) is 11.5. The molecule has 5 rings (SSSR count). The maximum Gasteiger partial charge on any atom is 0.190 e. The van der Waals surface area contributed by atoms with Crippen LogP contribution in [0.1, 0.15) is 13.8 Å². The topological polar surface area (TPSA) is 89.8 Å². The lowest BCUT2D eigenvalue weighted by molar-refractivity contribution is 1.21. The van der Waals surface area contributed by atoms with Gasteiger partial charge in [0.25, 0.3) is 0 Å². The molecule has 170 valence electrons. The Morgan fingerprint density at radius 2 is 0.971 bits per heavy atom. The summed E-state index contributed by atoms with van der Waals surface area (Å²) in [6.07, 6.45) is 0. The summed E-state index contributed by atoms with van der Waals surface area (Å²) in [6, 6.07) is 22.6. The zero-order chi connectivity index (χ0) is 23.7. The van der Waals surface area contributed by atoms with Gasteiger partial charge in [-0.3, -0.25) is 9.59 Å². The molecular formula is C28H26N4O2. The highest BCUT2D eigenvalue weighted by molar-refractivity contribution is 5.96. The molecule has 0 radical (unpaired) electrons. The molecule has 6 nitrogen and oxygen atoms in total. The molecule has 0 saturated carbocycles. The van der Waals surface area contributed by atoms with Gasteiger partial charge in [0.2, 0.25) is 0 Å². The maximum absolute atomic E-state index is 13.0. The van der Waals surface area contributed by atoms with Crippen LogP contribution in [0.5, 0.6) is 0 Å². The molecule has 4 N–H and O–H groups in total. The van der Waals surface area contributed by atoms with Crippen molar-refractivity contribution in [1.29, 1.82) is 0 Å². The Labute approximate surface area is 196 Å². The first-order valence-electron chi connectivity index (χ1n) is 11.5. The summed E-state index contributed by atoms with van der Waals surface area (Å²) in [5, 5.41) is 7.61. The molecule has 34 heavy (non-hydrogen) atoms. The van der Waals surface area contributed by atoms with Gasteiger partial charge in [0.15, 0.2) is 10.9 Å². The van der Waals surface area contributed by atoms with Gasteiger partial charge >= 0.3 is 0 Å². The standard InChI is InChI=1S/C28H26N4O2/c1-3-29-19-9-5-17(6-10-19)23-15-27(33)21-14-26-22(13-25(21)31-23)28(34)16-24(32-26)18-7-11-20(12-8-18)30-4-2/h5-16,29-30H,3-4H2,1-2H3,(H,31,33)(H,32,34). The number of benzene rings is 3. The van der Waals surface area contributed by atoms with Gasteiger partial charge < -0.3 is 20.6 Å². The van der Waals surface area contributed by atoms with Crippen LogP contribution >= 0.6 is 0 Å². The van der Waals surface area contributed by atoms with Crippen molar-refractivity contribution in [3.05, 3.63) is 93.2 Å². The van der Waals surface area contributed by atoms with Crippen LogP contribution in [0.3, 0.4) is 0 Å². The van der Waals surface area contributed by atoms with Gasteiger partial charge in [-0.25, -0.2) is 0 Å². The summed E-state index contributed by atoms with van der Waals surface area (Å²) in [6.45, 7) is 5.78. The van der Waals surface area contributed by atoms with E-state index in [0.717, 1.165) is 35.6 Å². The predicted octanol–water partition coefficient (Wildman–Crippen LogP) is 5.57. The average Bonchev–Trinajstić information content (AvgIpc) is 2.85. The summed E-state index contributed by atoms with van der Waals surface area (Å²) in [5.74, 6) is 0. The molecule has 0 spiro atoms. The molecule has 0 saturated heterocycles. The fraction of sp³-hybridized carbons (Fsp3) is 0.143. The molecule has 3 aromatic carbocycles. The molecule has 0 aliphatic heterocycles. The number of anilines is 2. The van der Waals surface area contributed by atoms with Crippen LogP contribution in [-0.2, 0) is 0 Å². The van der Waals surface area contributed by atoms with E-state index in [4.69, 9.17) is 0 Å². The highest BCUT2D eigenvalue weighted by atomic mass is 16.1. The molecule has 0 amide bonds. The van der Waals surface area contributed by atoms with Crippen molar-refractivity contribution in [2.75, 3.05) is 23.7 Å². The molecule has 0 atom stereocenters. The molecule has 0 fully saturated rings. The monoisotopic (exact) mass is 450 g/mol. The van der Waals surface area contributed by atoms with Crippen molar-refractivity contribution in [2.24, 2.45) is 0 Å². The van der Waals surface area contributed by atoms with E-state index in [1.54, 1.807) is 24.3 Å². The maximum atomic E-state index is 13.0. The Bertz CT molecular complexity index is 1470. The summed E-state index contributed by atoms with van der Waals surface area (Å²) < 4.78 is 0. The number of H-pyrrole nitrogens is 2. The lowest BCUT2D eigenvalue weighted by Gasteiger charge is -2.10. The number of aromatic amines is 2. The Hall–Kier alpha value is -4.32. The van der Waals surface area contributed by atoms with Crippen LogP contribution in [0.15, 0.2) is 82.4 Å². The van der Waals surface area contributed by atoms with E-state index in [9.17, 15) is 9.59 Å². The average molecular weight is 451 g/mol.